The van der Waals surface area contributed by atoms with Gasteiger partial charge in [0.1, 0.15) is 5.78 Å². The van der Waals surface area contributed by atoms with Crippen LogP contribution >= 0.6 is 0 Å². The predicted octanol–water partition coefficient (Wildman–Crippen LogP) is 2.59. The van der Waals surface area contributed by atoms with Crippen molar-refractivity contribution >= 4 is 29.0 Å². The molecule has 1 aliphatic carbocycles. The van der Waals surface area contributed by atoms with Crippen LogP contribution in [0.3, 0.4) is 0 Å². The third kappa shape index (κ3) is 3.42. The fourth-order valence-corrected chi connectivity index (χ4v) is 3.47. The average molecular weight is 354 g/mol. The average Bonchev–Trinajstić information content (AvgIpc) is 2.63. The van der Waals surface area contributed by atoms with Crippen LogP contribution in [0.15, 0.2) is 24.4 Å². The minimum atomic E-state index is -0.533. The van der Waals surface area contributed by atoms with Gasteiger partial charge >= 0.3 is 0 Å². The standard InChI is InChI=1S/C19H19FN4O2/c20-17-10-21-19(23-18(17)24-7-1-2-16(26)11-24)22-14-5-3-13-9-15(25)6-4-12(13)8-14/h3,5,8,10H,1-2,4,6-7,9,11H2,(H,21,22,23). The first-order valence-electron chi connectivity index (χ1n) is 8.78. The summed E-state index contributed by atoms with van der Waals surface area (Å²) in [6.07, 6.45) is 4.14. The molecule has 1 aromatic carbocycles. The number of carbonyl (C=O) groups is 2. The highest BCUT2D eigenvalue weighted by molar-refractivity contribution is 5.84. The Balaban J connectivity index is 1.56. The zero-order valence-electron chi connectivity index (χ0n) is 14.3. The van der Waals surface area contributed by atoms with Crippen molar-refractivity contribution in [3.63, 3.8) is 0 Å². The fraction of sp³-hybridized carbons (Fsp3) is 0.368. The highest BCUT2D eigenvalue weighted by Gasteiger charge is 2.22. The summed E-state index contributed by atoms with van der Waals surface area (Å²) in [5, 5.41) is 3.10. The number of carbonyl (C=O) groups excluding carboxylic acids is 2. The number of rotatable bonds is 3. The number of benzene rings is 1. The number of anilines is 3. The van der Waals surface area contributed by atoms with E-state index in [4.69, 9.17) is 0 Å². The van der Waals surface area contributed by atoms with Gasteiger partial charge in [0.25, 0.3) is 0 Å². The van der Waals surface area contributed by atoms with Crippen molar-refractivity contribution < 1.29 is 14.0 Å². The van der Waals surface area contributed by atoms with Crippen molar-refractivity contribution in [1.29, 1.82) is 0 Å². The van der Waals surface area contributed by atoms with Crippen LogP contribution < -0.4 is 10.2 Å². The van der Waals surface area contributed by atoms with Gasteiger partial charge in [0, 0.05) is 31.5 Å². The van der Waals surface area contributed by atoms with Crippen LogP contribution in [0.25, 0.3) is 0 Å². The number of hydrogen-bond donors (Lipinski definition) is 1. The van der Waals surface area contributed by atoms with Crippen molar-refractivity contribution in [3.05, 3.63) is 41.3 Å². The molecule has 1 N–H and O–H groups in total. The molecule has 1 saturated heterocycles. The summed E-state index contributed by atoms with van der Waals surface area (Å²) < 4.78 is 14.1. The molecule has 7 heteroatoms. The van der Waals surface area contributed by atoms with Gasteiger partial charge in [-0.1, -0.05) is 6.07 Å². The molecule has 26 heavy (non-hydrogen) atoms. The predicted molar refractivity (Wildman–Crippen MR) is 95.2 cm³/mol. The number of Topliss-reactive ketones (excluding diaryl/α,β-unsaturated/α-hetero) is 2. The number of aromatic nitrogens is 2. The van der Waals surface area contributed by atoms with Crippen LogP contribution in [0, 0.1) is 5.82 Å². The largest absolute Gasteiger partial charge is 0.347 e. The molecular weight excluding hydrogens is 335 g/mol. The Bertz CT molecular complexity index is 884. The van der Waals surface area contributed by atoms with Crippen molar-refractivity contribution in [2.45, 2.75) is 32.1 Å². The van der Waals surface area contributed by atoms with Crippen molar-refractivity contribution in [2.24, 2.45) is 0 Å². The summed E-state index contributed by atoms with van der Waals surface area (Å²) in [5.74, 6) is 0.258. The van der Waals surface area contributed by atoms with Gasteiger partial charge in [-0.05, 0) is 36.1 Å². The SMILES string of the molecule is O=C1CCc2cc(Nc3ncc(F)c(N4CCCC(=O)C4)n3)ccc2C1. The van der Waals surface area contributed by atoms with Crippen molar-refractivity contribution in [2.75, 3.05) is 23.3 Å². The van der Waals surface area contributed by atoms with Gasteiger partial charge in [0.05, 0.1) is 12.7 Å². The number of hydrogen-bond acceptors (Lipinski definition) is 6. The second-order valence-electron chi connectivity index (χ2n) is 6.75. The monoisotopic (exact) mass is 354 g/mol. The summed E-state index contributed by atoms with van der Waals surface area (Å²) in [7, 11) is 0. The van der Waals surface area contributed by atoms with Crippen LogP contribution in [0.2, 0.25) is 0 Å². The third-order valence-corrected chi connectivity index (χ3v) is 4.80. The maximum Gasteiger partial charge on any atom is 0.229 e. The summed E-state index contributed by atoms with van der Waals surface area (Å²) in [6, 6.07) is 5.79. The number of piperidine rings is 1. The first kappa shape index (κ1) is 16.6. The molecule has 2 aromatic rings. The van der Waals surface area contributed by atoms with Gasteiger partial charge in [-0.3, -0.25) is 9.59 Å². The lowest BCUT2D eigenvalue weighted by Crippen LogP contribution is -2.36. The van der Waals surface area contributed by atoms with E-state index in [0.29, 0.717) is 32.2 Å². The van der Waals surface area contributed by atoms with Crippen LogP contribution in [-0.4, -0.2) is 34.6 Å². The quantitative estimate of drug-likeness (QED) is 0.913. The second-order valence-corrected chi connectivity index (χ2v) is 6.75. The molecule has 2 aliphatic rings. The van der Waals surface area contributed by atoms with E-state index in [9.17, 15) is 14.0 Å². The molecule has 0 unspecified atom stereocenters. The Hall–Kier alpha value is -2.83. The normalized spacial score (nSPS) is 17.2. The first-order valence-corrected chi connectivity index (χ1v) is 8.78. The van der Waals surface area contributed by atoms with E-state index in [-0.39, 0.29) is 29.9 Å². The molecule has 6 nitrogen and oxygen atoms in total. The van der Waals surface area contributed by atoms with E-state index in [1.165, 1.54) is 0 Å². The van der Waals surface area contributed by atoms with Gasteiger partial charge < -0.3 is 10.2 Å². The van der Waals surface area contributed by atoms with E-state index in [1.54, 1.807) is 4.90 Å². The minimum Gasteiger partial charge on any atom is -0.347 e. The minimum absolute atomic E-state index is 0.0907. The summed E-state index contributed by atoms with van der Waals surface area (Å²) in [6.45, 7) is 0.784. The first-order chi connectivity index (χ1) is 12.6. The van der Waals surface area contributed by atoms with Crippen LogP contribution in [-0.2, 0) is 22.4 Å². The summed E-state index contributed by atoms with van der Waals surface area (Å²) in [5.41, 5.74) is 2.99. The summed E-state index contributed by atoms with van der Waals surface area (Å²) >= 11 is 0. The molecule has 0 amide bonds. The lowest BCUT2D eigenvalue weighted by molar-refractivity contribution is -0.119. The Labute approximate surface area is 150 Å². The molecule has 4 rings (SSSR count). The highest BCUT2D eigenvalue weighted by atomic mass is 19.1. The Morgan fingerprint density at radius 1 is 1.08 bits per heavy atom. The zero-order valence-corrected chi connectivity index (χ0v) is 14.3. The zero-order chi connectivity index (χ0) is 18.1. The van der Waals surface area contributed by atoms with E-state index >= 15 is 0 Å². The Kier molecular flexibility index (Phi) is 4.36. The van der Waals surface area contributed by atoms with Gasteiger partial charge in [0.2, 0.25) is 5.95 Å². The molecular formula is C19H19FN4O2. The van der Waals surface area contributed by atoms with Crippen molar-refractivity contribution in [1.82, 2.24) is 9.97 Å². The maximum absolute atomic E-state index is 14.1. The van der Waals surface area contributed by atoms with E-state index in [2.05, 4.69) is 15.3 Å². The van der Waals surface area contributed by atoms with Crippen LogP contribution in [0.4, 0.5) is 21.8 Å². The van der Waals surface area contributed by atoms with E-state index < -0.39 is 5.82 Å². The van der Waals surface area contributed by atoms with Gasteiger partial charge in [-0.2, -0.15) is 4.98 Å². The Morgan fingerprint density at radius 3 is 2.81 bits per heavy atom. The number of ketones is 2. The molecule has 1 aromatic heterocycles. The molecule has 0 radical (unpaired) electrons. The smallest absolute Gasteiger partial charge is 0.229 e. The lowest BCUT2D eigenvalue weighted by atomic mass is 9.90. The van der Waals surface area contributed by atoms with E-state index in [1.807, 2.05) is 18.2 Å². The third-order valence-electron chi connectivity index (χ3n) is 4.80. The molecule has 134 valence electrons. The number of nitrogens with one attached hydrogen (secondary N) is 1. The molecule has 0 atom stereocenters. The second kappa shape index (κ2) is 6.82. The van der Waals surface area contributed by atoms with Crippen LogP contribution in [0.5, 0.6) is 0 Å². The molecule has 1 fully saturated rings. The number of fused-ring (bicyclic) bond motifs is 1. The van der Waals surface area contributed by atoms with Gasteiger partial charge in [-0.15, -0.1) is 0 Å². The molecule has 0 bridgehead atoms. The summed E-state index contributed by atoms with van der Waals surface area (Å²) in [4.78, 5) is 33.1. The molecule has 0 spiro atoms. The van der Waals surface area contributed by atoms with Gasteiger partial charge in [0.15, 0.2) is 17.4 Å². The number of nitrogens with zero attached hydrogens (tertiary/aromatic N) is 3. The molecule has 0 saturated carbocycles. The van der Waals surface area contributed by atoms with Crippen molar-refractivity contribution in [3.8, 4) is 0 Å². The lowest BCUT2D eigenvalue weighted by Gasteiger charge is -2.27. The maximum atomic E-state index is 14.1. The number of aryl methyl sites for hydroxylation is 1. The van der Waals surface area contributed by atoms with Gasteiger partial charge in [-0.25, -0.2) is 9.37 Å². The van der Waals surface area contributed by atoms with E-state index in [0.717, 1.165) is 29.4 Å². The topological polar surface area (TPSA) is 75.2 Å². The molecule has 1 aliphatic heterocycles. The Morgan fingerprint density at radius 2 is 1.96 bits per heavy atom. The highest BCUT2D eigenvalue weighted by Crippen LogP contribution is 2.26. The van der Waals surface area contributed by atoms with Crippen LogP contribution in [0.1, 0.15) is 30.4 Å². The molecule has 2 heterocycles. The fourth-order valence-electron chi connectivity index (χ4n) is 3.47. The number of halogens is 1.